The van der Waals surface area contributed by atoms with Gasteiger partial charge in [0, 0.05) is 17.5 Å². The SMILES string of the molecule is CC[C](CCc1ccc(F)c(Cl)c1)c1c[nH]c(=O)c2ccccc12. The summed E-state index contributed by atoms with van der Waals surface area (Å²) >= 11 is 5.85. The summed E-state index contributed by atoms with van der Waals surface area (Å²) in [5.41, 5.74) is 2.00. The molecule has 1 aromatic heterocycles. The second kappa shape index (κ2) is 7.18. The molecule has 1 N–H and O–H groups in total. The molecule has 2 nitrogen and oxygen atoms in total. The van der Waals surface area contributed by atoms with Gasteiger partial charge in [0.2, 0.25) is 0 Å². The van der Waals surface area contributed by atoms with Crippen LogP contribution in [0.25, 0.3) is 10.8 Å². The largest absolute Gasteiger partial charge is 0.328 e. The Bertz CT molecular complexity index is 919. The Morgan fingerprint density at radius 2 is 1.92 bits per heavy atom. The number of hydrogen-bond donors (Lipinski definition) is 1. The van der Waals surface area contributed by atoms with Gasteiger partial charge in [0.25, 0.3) is 5.56 Å². The average Bonchev–Trinajstić information content (AvgIpc) is 2.60. The van der Waals surface area contributed by atoms with Crippen molar-refractivity contribution in [1.82, 2.24) is 4.98 Å². The fraction of sp³-hybridized carbons (Fsp3) is 0.200. The third-order valence-electron chi connectivity index (χ3n) is 4.32. The van der Waals surface area contributed by atoms with E-state index in [-0.39, 0.29) is 10.6 Å². The summed E-state index contributed by atoms with van der Waals surface area (Å²) in [6.45, 7) is 2.10. The quantitative estimate of drug-likeness (QED) is 0.671. The Hall–Kier alpha value is -2.13. The number of H-pyrrole nitrogens is 1. The first-order chi connectivity index (χ1) is 11.6. The number of nitrogens with one attached hydrogen (secondary N) is 1. The summed E-state index contributed by atoms with van der Waals surface area (Å²) in [5.74, 6) is 0.856. The van der Waals surface area contributed by atoms with Gasteiger partial charge in [-0.05, 0) is 54.0 Å². The van der Waals surface area contributed by atoms with Crippen molar-refractivity contribution in [3.63, 3.8) is 0 Å². The van der Waals surface area contributed by atoms with E-state index in [2.05, 4.69) is 11.9 Å². The van der Waals surface area contributed by atoms with Gasteiger partial charge in [0.1, 0.15) is 5.82 Å². The molecule has 123 valence electrons. The molecule has 0 aliphatic heterocycles. The van der Waals surface area contributed by atoms with Crippen molar-refractivity contribution >= 4 is 22.4 Å². The molecule has 0 unspecified atom stereocenters. The highest BCUT2D eigenvalue weighted by Gasteiger charge is 2.15. The van der Waals surface area contributed by atoms with Crippen LogP contribution in [0.4, 0.5) is 4.39 Å². The van der Waals surface area contributed by atoms with Crippen molar-refractivity contribution in [2.24, 2.45) is 0 Å². The summed E-state index contributed by atoms with van der Waals surface area (Å²) < 4.78 is 13.3. The van der Waals surface area contributed by atoms with Crippen LogP contribution in [0.2, 0.25) is 5.02 Å². The lowest BCUT2D eigenvalue weighted by Crippen LogP contribution is -2.10. The minimum absolute atomic E-state index is 0.0740. The number of aromatic nitrogens is 1. The van der Waals surface area contributed by atoms with Crippen LogP contribution in [0.1, 0.15) is 30.9 Å². The molecule has 0 bridgehead atoms. The van der Waals surface area contributed by atoms with Crippen molar-refractivity contribution < 1.29 is 4.39 Å². The first kappa shape index (κ1) is 16.7. The van der Waals surface area contributed by atoms with Crippen LogP contribution in [0.15, 0.2) is 53.5 Å². The summed E-state index contributed by atoms with van der Waals surface area (Å²) in [4.78, 5) is 14.8. The zero-order valence-electron chi connectivity index (χ0n) is 13.4. The molecular weight excluding hydrogens is 325 g/mol. The van der Waals surface area contributed by atoms with Gasteiger partial charge in [-0.1, -0.05) is 42.8 Å². The van der Waals surface area contributed by atoms with Crippen molar-refractivity contribution in [2.75, 3.05) is 0 Å². The molecule has 0 spiro atoms. The lowest BCUT2D eigenvalue weighted by molar-refractivity contribution is 0.627. The van der Waals surface area contributed by atoms with E-state index in [1.807, 2.05) is 24.3 Å². The zero-order valence-corrected chi connectivity index (χ0v) is 14.2. The molecule has 1 heterocycles. The lowest BCUT2D eigenvalue weighted by atomic mass is 9.88. The highest BCUT2D eigenvalue weighted by Crippen LogP contribution is 2.29. The fourth-order valence-electron chi connectivity index (χ4n) is 2.99. The lowest BCUT2D eigenvalue weighted by Gasteiger charge is -2.17. The van der Waals surface area contributed by atoms with Crippen LogP contribution >= 0.6 is 11.6 Å². The number of benzene rings is 2. The highest BCUT2D eigenvalue weighted by atomic mass is 35.5. The van der Waals surface area contributed by atoms with E-state index in [0.717, 1.165) is 35.8 Å². The molecule has 4 heteroatoms. The van der Waals surface area contributed by atoms with Crippen molar-refractivity contribution in [2.45, 2.75) is 26.2 Å². The van der Waals surface area contributed by atoms with Gasteiger partial charge in [-0.3, -0.25) is 4.79 Å². The first-order valence-corrected chi connectivity index (χ1v) is 8.37. The van der Waals surface area contributed by atoms with Gasteiger partial charge in [-0.2, -0.15) is 0 Å². The van der Waals surface area contributed by atoms with Crippen LogP contribution < -0.4 is 5.56 Å². The van der Waals surface area contributed by atoms with Crippen molar-refractivity contribution in [3.05, 3.63) is 86.9 Å². The van der Waals surface area contributed by atoms with Gasteiger partial charge >= 0.3 is 0 Å². The molecule has 0 fully saturated rings. The zero-order chi connectivity index (χ0) is 17.1. The van der Waals surface area contributed by atoms with Crippen LogP contribution in [0.3, 0.4) is 0 Å². The number of aromatic amines is 1. The Balaban J connectivity index is 1.88. The number of aryl methyl sites for hydroxylation is 1. The van der Waals surface area contributed by atoms with Crippen LogP contribution in [0.5, 0.6) is 0 Å². The number of halogens is 2. The number of rotatable bonds is 5. The fourth-order valence-corrected chi connectivity index (χ4v) is 3.20. The summed E-state index contributed by atoms with van der Waals surface area (Å²) in [6, 6.07) is 12.5. The maximum Gasteiger partial charge on any atom is 0.255 e. The average molecular weight is 343 g/mol. The number of pyridine rings is 1. The van der Waals surface area contributed by atoms with E-state index in [1.165, 1.54) is 12.0 Å². The molecule has 24 heavy (non-hydrogen) atoms. The Morgan fingerprint density at radius 1 is 1.17 bits per heavy atom. The van der Waals surface area contributed by atoms with Crippen LogP contribution in [-0.4, -0.2) is 4.98 Å². The second-order valence-corrected chi connectivity index (χ2v) is 6.19. The molecular formula is C20H18ClFNO. The van der Waals surface area contributed by atoms with E-state index < -0.39 is 5.82 Å². The van der Waals surface area contributed by atoms with Gasteiger partial charge in [0.15, 0.2) is 0 Å². The van der Waals surface area contributed by atoms with Crippen molar-refractivity contribution in [3.8, 4) is 0 Å². The van der Waals surface area contributed by atoms with Gasteiger partial charge in [-0.15, -0.1) is 0 Å². The molecule has 0 atom stereocenters. The Kier molecular flexibility index (Phi) is 5.00. The molecule has 3 aromatic rings. The molecule has 0 saturated carbocycles. The maximum absolute atomic E-state index is 13.3. The molecule has 0 amide bonds. The van der Waals surface area contributed by atoms with Crippen LogP contribution in [0, 0.1) is 11.7 Å². The van der Waals surface area contributed by atoms with Crippen LogP contribution in [-0.2, 0) is 6.42 Å². The van der Waals surface area contributed by atoms with E-state index in [9.17, 15) is 9.18 Å². The van der Waals surface area contributed by atoms with Crippen molar-refractivity contribution in [1.29, 1.82) is 0 Å². The predicted molar refractivity (Wildman–Crippen MR) is 96.9 cm³/mol. The van der Waals surface area contributed by atoms with Gasteiger partial charge in [0.05, 0.1) is 5.02 Å². The minimum Gasteiger partial charge on any atom is -0.328 e. The van der Waals surface area contributed by atoms with Gasteiger partial charge < -0.3 is 4.98 Å². The Labute approximate surface area is 145 Å². The smallest absolute Gasteiger partial charge is 0.255 e. The molecule has 2 aromatic carbocycles. The standard InChI is InChI=1S/C20H18ClFNO/c1-2-14(9-7-13-8-10-19(22)18(21)11-13)17-12-23-20(24)16-6-4-3-5-15(16)17/h3-6,8,10-12H,2,7,9H2,1H3,(H,23,24). The normalized spacial score (nSPS) is 11.3. The maximum atomic E-state index is 13.3. The summed E-state index contributed by atoms with van der Waals surface area (Å²) in [7, 11) is 0. The van der Waals surface area contributed by atoms with E-state index in [0.29, 0.717) is 5.39 Å². The third-order valence-corrected chi connectivity index (χ3v) is 4.61. The van der Waals surface area contributed by atoms with Gasteiger partial charge in [-0.25, -0.2) is 4.39 Å². The molecule has 1 radical (unpaired) electrons. The summed E-state index contributed by atoms with van der Waals surface area (Å²) in [6.07, 6.45) is 4.28. The van der Waals surface area contributed by atoms with E-state index >= 15 is 0 Å². The number of hydrogen-bond acceptors (Lipinski definition) is 1. The topological polar surface area (TPSA) is 32.9 Å². The van der Waals surface area contributed by atoms with E-state index in [4.69, 9.17) is 11.6 Å². The number of fused-ring (bicyclic) bond motifs is 1. The minimum atomic E-state index is -0.397. The molecule has 0 aliphatic carbocycles. The predicted octanol–water partition coefficient (Wildman–Crippen LogP) is 5.29. The second-order valence-electron chi connectivity index (χ2n) is 5.78. The molecule has 3 rings (SSSR count). The highest BCUT2D eigenvalue weighted by molar-refractivity contribution is 6.30. The summed E-state index contributed by atoms with van der Waals surface area (Å²) in [5, 5.41) is 1.82. The third kappa shape index (κ3) is 3.36. The molecule has 0 aliphatic rings. The molecule has 0 saturated heterocycles. The monoisotopic (exact) mass is 342 g/mol. The first-order valence-electron chi connectivity index (χ1n) is 7.99. The Morgan fingerprint density at radius 3 is 2.62 bits per heavy atom. The van der Waals surface area contributed by atoms with E-state index in [1.54, 1.807) is 18.3 Å².